The monoisotopic (exact) mass is 202 g/mol. The van der Waals surface area contributed by atoms with E-state index in [0.29, 0.717) is 0 Å². The van der Waals surface area contributed by atoms with Gasteiger partial charge in [0.25, 0.3) is 0 Å². The van der Waals surface area contributed by atoms with Gasteiger partial charge in [-0.3, -0.25) is 5.84 Å². The molecule has 0 radical (unpaired) electrons. The molecule has 0 bridgehead atoms. The lowest BCUT2D eigenvalue weighted by molar-refractivity contribution is 0.0698. The highest BCUT2D eigenvalue weighted by Crippen LogP contribution is 2.33. The van der Waals surface area contributed by atoms with Crippen molar-refractivity contribution in [1.29, 1.82) is 0 Å². The molecule has 0 aromatic heterocycles. The summed E-state index contributed by atoms with van der Waals surface area (Å²) in [4.78, 5) is 10.6. The van der Waals surface area contributed by atoms with Crippen molar-refractivity contribution in [2.45, 2.75) is 0 Å². The Morgan fingerprint density at radius 2 is 2.15 bits per heavy atom. The van der Waals surface area contributed by atoms with Crippen molar-refractivity contribution in [3.8, 4) is 5.75 Å². The number of phenolic OH excluding ortho intramolecular Hbond substituents is 1. The molecule has 0 aliphatic carbocycles. The molecule has 5 nitrogen and oxygen atoms in total. The maximum Gasteiger partial charge on any atom is 0.337 e. The van der Waals surface area contributed by atoms with E-state index in [9.17, 15) is 4.79 Å². The number of hydrazine groups is 1. The fourth-order valence-electron chi connectivity index (χ4n) is 0.884. The molecular weight excluding hydrogens is 196 g/mol. The van der Waals surface area contributed by atoms with Gasteiger partial charge in [-0.2, -0.15) is 0 Å². The summed E-state index contributed by atoms with van der Waals surface area (Å²) in [6, 6.07) is 2.39. The SMILES string of the molecule is NNc1c(C(=O)O)ccc(O)c1Cl. The number of aromatic carboxylic acids is 1. The molecule has 13 heavy (non-hydrogen) atoms. The molecule has 0 aliphatic heterocycles. The van der Waals surface area contributed by atoms with Crippen LogP contribution in [0, 0.1) is 0 Å². The first kappa shape index (κ1) is 9.63. The second-order valence-electron chi connectivity index (χ2n) is 2.27. The summed E-state index contributed by atoms with van der Waals surface area (Å²) in [6.45, 7) is 0. The molecule has 0 atom stereocenters. The van der Waals surface area contributed by atoms with Crippen LogP contribution >= 0.6 is 11.6 Å². The zero-order chi connectivity index (χ0) is 10.0. The van der Waals surface area contributed by atoms with Crippen LogP contribution in [0.15, 0.2) is 12.1 Å². The zero-order valence-electron chi connectivity index (χ0n) is 6.41. The number of carbonyl (C=O) groups is 1. The molecule has 0 saturated heterocycles. The van der Waals surface area contributed by atoms with E-state index < -0.39 is 5.97 Å². The number of hydrogen-bond donors (Lipinski definition) is 4. The summed E-state index contributed by atoms with van der Waals surface area (Å²) in [5, 5.41) is 17.7. The van der Waals surface area contributed by atoms with Crippen LogP contribution in [0.1, 0.15) is 10.4 Å². The second kappa shape index (κ2) is 3.51. The number of phenols is 1. The molecule has 0 saturated carbocycles. The molecule has 1 aromatic carbocycles. The Morgan fingerprint density at radius 1 is 1.54 bits per heavy atom. The number of rotatable bonds is 2. The Bertz CT molecular complexity index is 354. The van der Waals surface area contributed by atoms with Crippen LogP contribution in [0.2, 0.25) is 5.02 Å². The normalized spacial score (nSPS) is 9.69. The van der Waals surface area contributed by atoms with Crippen LogP contribution in [-0.4, -0.2) is 16.2 Å². The van der Waals surface area contributed by atoms with Crippen molar-refractivity contribution in [2.75, 3.05) is 5.43 Å². The van der Waals surface area contributed by atoms with Crippen LogP contribution in [0.4, 0.5) is 5.69 Å². The minimum atomic E-state index is -1.17. The highest BCUT2D eigenvalue weighted by Gasteiger charge is 2.14. The van der Waals surface area contributed by atoms with Gasteiger partial charge in [-0.1, -0.05) is 11.6 Å². The first-order chi connectivity index (χ1) is 6.07. The first-order valence-corrected chi connectivity index (χ1v) is 3.67. The predicted molar refractivity (Wildman–Crippen MR) is 47.9 cm³/mol. The summed E-state index contributed by atoms with van der Waals surface area (Å²) >= 11 is 5.59. The van der Waals surface area contributed by atoms with Crippen molar-refractivity contribution in [1.82, 2.24) is 0 Å². The van der Waals surface area contributed by atoms with Crippen molar-refractivity contribution in [3.05, 3.63) is 22.7 Å². The fourth-order valence-corrected chi connectivity index (χ4v) is 1.10. The zero-order valence-corrected chi connectivity index (χ0v) is 7.17. The topological polar surface area (TPSA) is 95.6 Å². The van der Waals surface area contributed by atoms with Gasteiger partial charge in [0, 0.05) is 0 Å². The van der Waals surface area contributed by atoms with E-state index >= 15 is 0 Å². The number of nitrogen functional groups attached to an aromatic ring is 1. The van der Waals surface area contributed by atoms with Gasteiger partial charge < -0.3 is 15.6 Å². The van der Waals surface area contributed by atoms with E-state index in [0.717, 1.165) is 0 Å². The van der Waals surface area contributed by atoms with Crippen molar-refractivity contribution >= 4 is 23.3 Å². The minimum absolute atomic E-state index is 0.00540. The van der Waals surface area contributed by atoms with Crippen LogP contribution < -0.4 is 11.3 Å². The van der Waals surface area contributed by atoms with E-state index in [1.54, 1.807) is 0 Å². The van der Waals surface area contributed by atoms with E-state index in [4.69, 9.17) is 27.7 Å². The van der Waals surface area contributed by atoms with Gasteiger partial charge in [-0.15, -0.1) is 0 Å². The molecule has 0 amide bonds. The Balaban J connectivity index is 3.38. The van der Waals surface area contributed by atoms with Crippen LogP contribution in [0.5, 0.6) is 5.75 Å². The van der Waals surface area contributed by atoms with E-state index in [1.807, 2.05) is 0 Å². The van der Waals surface area contributed by atoms with Gasteiger partial charge in [0.15, 0.2) is 0 Å². The maximum atomic E-state index is 10.6. The number of nitrogens with one attached hydrogen (secondary N) is 1. The lowest BCUT2D eigenvalue weighted by Gasteiger charge is -2.07. The van der Waals surface area contributed by atoms with Crippen molar-refractivity contribution in [3.63, 3.8) is 0 Å². The van der Waals surface area contributed by atoms with Gasteiger partial charge in [-0.05, 0) is 12.1 Å². The molecule has 1 rings (SSSR count). The quantitative estimate of drug-likeness (QED) is 0.424. The summed E-state index contributed by atoms with van der Waals surface area (Å²) in [5.74, 6) is 3.66. The largest absolute Gasteiger partial charge is 0.506 e. The van der Waals surface area contributed by atoms with E-state index in [-0.39, 0.29) is 22.0 Å². The van der Waals surface area contributed by atoms with Crippen LogP contribution in [0.3, 0.4) is 0 Å². The third kappa shape index (κ3) is 1.66. The number of carboxylic acid groups (broad SMARTS) is 1. The third-order valence-corrected chi connectivity index (χ3v) is 1.88. The molecule has 70 valence electrons. The highest BCUT2D eigenvalue weighted by molar-refractivity contribution is 6.35. The number of carboxylic acids is 1. The Morgan fingerprint density at radius 3 is 2.62 bits per heavy atom. The second-order valence-corrected chi connectivity index (χ2v) is 2.65. The number of anilines is 1. The number of nitrogens with two attached hydrogens (primary N) is 1. The lowest BCUT2D eigenvalue weighted by Crippen LogP contribution is -2.12. The molecule has 0 heterocycles. The number of hydrogen-bond acceptors (Lipinski definition) is 4. The van der Waals surface area contributed by atoms with Crippen LogP contribution in [0.25, 0.3) is 0 Å². The Kier molecular flexibility index (Phi) is 2.60. The average molecular weight is 203 g/mol. The molecule has 0 fully saturated rings. The molecule has 1 aromatic rings. The lowest BCUT2D eigenvalue weighted by atomic mass is 10.1. The van der Waals surface area contributed by atoms with Gasteiger partial charge >= 0.3 is 5.97 Å². The first-order valence-electron chi connectivity index (χ1n) is 3.29. The van der Waals surface area contributed by atoms with Crippen LogP contribution in [-0.2, 0) is 0 Å². The predicted octanol–water partition coefficient (Wildman–Crippen LogP) is 1.03. The molecule has 5 N–H and O–H groups in total. The van der Waals surface area contributed by atoms with Crippen molar-refractivity contribution < 1.29 is 15.0 Å². The standard InChI is InChI=1S/C7H7ClN2O3/c8-5-4(11)2-1-3(7(12)13)6(5)10-9/h1-2,10-11H,9H2,(H,12,13). The Hall–Kier alpha value is -1.46. The highest BCUT2D eigenvalue weighted by atomic mass is 35.5. The smallest absolute Gasteiger partial charge is 0.337 e. The number of aromatic hydroxyl groups is 1. The molecule has 6 heteroatoms. The molecule has 0 unspecified atom stereocenters. The van der Waals surface area contributed by atoms with E-state index in [1.165, 1.54) is 12.1 Å². The number of benzene rings is 1. The molecular formula is C7H7ClN2O3. The molecule has 0 aliphatic rings. The van der Waals surface area contributed by atoms with Gasteiger partial charge in [0.05, 0.1) is 11.3 Å². The summed E-state index contributed by atoms with van der Waals surface area (Å²) in [7, 11) is 0. The van der Waals surface area contributed by atoms with E-state index in [2.05, 4.69) is 5.43 Å². The molecule has 0 spiro atoms. The minimum Gasteiger partial charge on any atom is -0.506 e. The average Bonchev–Trinajstić information content (AvgIpc) is 2.09. The summed E-state index contributed by atoms with van der Waals surface area (Å²) in [5.41, 5.74) is 2.02. The Labute approximate surface area is 78.7 Å². The maximum absolute atomic E-state index is 10.6. The van der Waals surface area contributed by atoms with Crippen molar-refractivity contribution in [2.24, 2.45) is 5.84 Å². The number of halogens is 1. The summed E-state index contributed by atoms with van der Waals surface area (Å²) < 4.78 is 0. The third-order valence-electron chi connectivity index (χ3n) is 1.50. The summed E-state index contributed by atoms with van der Waals surface area (Å²) in [6.07, 6.45) is 0. The van der Waals surface area contributed by atoms with Gasteiger partial charge in [0.1, 0.15) is 10.8 Å². The fraction of sp³-hybridized carbons (Fsp3) is 0. The van der Waals surface area contributed by atoms with Gasteiger partial charge in [0.2, 0.25) is 0 Å². The van der Waals surface area contributed by atoms with Gasteiger partial charge in [-0.25, -0.2) is 4.79 Å².